The maximum atomic E-state index is 3.62. The van der Waals surface area contributed by atoms with Crippen molar-refractivity contribution in [3.05, 3.63) is 35.9 Å². The molecule has 0 bridgehead atoms. The summed E-state index contributed by atoms with van der Waals surface area (Å²) in [4.78, 5) is 0.658. The topological polar surface area (TPSA) is 12.0 Å². The van der Waals surface area contributed by atoms with Gasteiger partial charge >= 0.3 is 0 Å². The van der Waals surface area contributed by atoms with Crippen LogP contribution >= 0.6 is 15.9 Å². The van der Waals surface area contributed by atoms with Crippen molar-refractivity contribution in [2.45, 2.75) is 31.1 Å². The molecule has 2 heteroatoms. The van der Waals surface area contributed by atoms with Gasteiger partial charge in [0.05, 0.1) is 0 Å². The summed E-state index contributed by atoms with van der Waals surface area (Å²) in [7, 11) is 0. The Morgan fingerprint density at radius 2 is 2.00 bits per heavy atom. The number of hydrogen-bond acceptors (Lipinski definition) is 1. The van der Waals surface area contributed by atoms with Crippen LogP contribution in [0.2, 0.25) is 0 Å². The predicted molar refractivity (Wildman–Crippen MR) is 65.8 cm³/mol. The second-order valence-electron chi connectivity index (χ2n) is 3.46. The molecular formula is C12H18BrN. The summed E-state index contributed by atoms with van der Waals surface area (Å²) in [6.45, 7) is 4.26. The van der Waals surface area contributed by atoms with Crippen LogP contribution in [-0.2, 0) is 6.54 Å². The zero-order valence-corrected chi connectivity index (χ0v) is 10.3. The number of benzene rings is 1. The van der Waals surface area contributed by atoms with Crippen molar-refractivity contribution in [1.82, 2.24) is 5.32 Å². The van der Waals surface area contributed by atoms with Crippen molar-refractivity contribution < 1.29 is 0 Å². The van der Waals surface area contributed by atoms with Crippen LogP contribution < -0.4 is 5.32 Å². The number of nitrogens with one attached hydrogen (secondary N) is 1. The van der Waals surface area contributed by atoms with Crippen LogP contribution in [0.4, 0.5) is 0 Å². The maximum absolute atomic E-state index is 3.62. The molecule has 0 amide bonds. The van der Waals surface area contributed by atoms with Crippen molar-refractivity contribution in [1.29, 1.82) is 0 Å². The third-order valence-electron chi connectivity index (χ3n) is 2.25. The summed E-state index contributed by atoms with van der Waals surface area (Å²) in [5.41, 5.74) is 1.36. The molecule has 0 fully saturated rings. The van der Waals surface area contributed by atoms with E-state index in [1.165, 1.54) is 18.4 Å². The van der Waals surface area contributed by atoms with Gasteiger partial charge in [0.1, 0.15) is 0 Å². The molecule has 1 aromatic carbocycles. The quantitative estimate of drug-likeness (QED) is 0.608. The minimum absolute atomic E-state index is 0.658. The molecule has 1 aromatic rings. The SMILES string of the molecule is CCC(Br)CCNCc1ccccc1. The lowest BCUT2D eigenvalue weighted by molar-refractivity contribution is 0.630. The van der Waals surface area contributed by atoms with E-state index in [0.29, 0.717) is 4.83 Å². The fourth-order valence-electron chi connectivity index (χ4n) is 1.29. The third kappa shape index (κ3) is 4.77. The standard InChI is InChI=1S/C12H18BrN/c1-2-12(13)8-9-14-10-11-6-4-3-5-7-11/h3-7,12,14H,2,8-10H2,1H3. The van der Waals surface area contributed by atoms with E-state index in [4.69, 9.17) is 0 Å². The Labute approximate surface area is 95.0 Å². The fourth-order valence-corrected chi connectivity index (χ4v) is 1.52. The lowest BCUT2D eigenvalue weighted by Gasteiger charge is -2.07. The average molecular weight is 256 g/mol. The first kappa shape index (κ1) is 11.7. The number of alkyl halides is 1. The smallest absolute Gasteiger partial charge is 0.0205 e. The molecule has 0 aromatic heterocycles. The molecule has 1 nitrogen and oxygen atoms in total. The molecule has 1 unspecified atom stereocenters. The molecule has 0 spiro atoms. The molecule has 14 heavy (non-hydrogen) atoms. The van der Waals surface area contributed by atoms with Gasteiger partial charge in [-0.15, -0.1) is 0 Å². The molecule has 1 N–H and O–H groups in total. The third-order valence-corrected chi connectivity index (χ3v) is 3.35. The Kier molecular flexibility index (Phi) is 5.88. The van der Waals surface area contributed by atoms with Crippen molar-refractivity contribution in [2.24, 2.45) is 0 Å². The van der Waals surface area contributed by atoms with E-state index in [-0.39, 0.29) is 0 Å². The highest BCUT2D eigenvalue weighted by Crippen LogP contribution is 2.07. The molecule has 78 valence electrons. The van der Waals surface area contributed by atoms with Gasteiger partial charge in [-0.2, -0.15) is 0 Å². The van der Waals surface area contributed by atoms with Crippen molar-refractivity contribution in [2.75, 3.05) is 6.54 Å². The first-order chi connectivity index (χ1) is 6.83. The predicted octanol–water partition coefficient (Wildman–Crippen LogP) is 3.34. The molecule has 0 saturated carbocycles. The molecule has 0 aliphatic rings. The maximum Gasteiger partial charge on any atom is 0.0205 e. The summed E-state index contributed by atoms with van der Waals surface area (Å²) in [6, 6.07) is 10.5. The van der Waals surface area contributed by atoms with Gasteiger partial charge in [-0.05, 0) is 24.9 Å². The van der Waals surface area contributed by atoms with Gasteiger partial charge in [0, 0.05) is 11.4 Å². The number of hydrogen-bond donors (Lipinski definition) is 1. The van der Waals surface area contributed by atoms with Gasteiger partial charge in [0.15, 0.2) is 0 Å². The molecule has 0 saturated heterocycles. The Morgan fingerprint density at radius 1 is 1.29 bits per heavy atom. The van der Waals surface area contributed by atoms with E-state index in [2.05, 4.69) is 58.5 Å². The van der Waals surface area contributed by atoms with Crippen LogP contribution in [0, 0.1) is 0 Å². The highest BCUT2D eigenvalue weighted by atomic mass is 79.9. The van der Waals surface area contributed by atoms with Crippen LogP contribution in [0.5, 0.6) is 0 Å². The summed E-state index contributed by atoms with van der Waals surface area (Å²) >= 11 is 3.62. The highest BCUT2D eigenvalue weighted by Gasteiger charge is 1.99. The number of halogens is 1. The molecule has 0 heterocycles. The molecular weight excluding hydrogens is 238 g/mol. The Balaban J connectivity index is 2.10. The van der Waals surface area contributed by atoms with Gasteiger partial charge in [-0.25, -0.2) is 0 Å². The van der Waals surface area contributed by atoms with Crippen molar-refractivity contribution in [3.8, 4) is 0 Å². The van der Waals surface area contributed by atoms with E-state index in [1.807, 2.05) is 0 Å². The molecule has 0 radical (unpaired) electrons. The van der Waals surface area contributed by atoms with Gasteiger partial charge < -0.3 is 5.32 Å². The summed E-state index contributed by atoms with van der Waals surface area (Å²) in [5.74, 6) is 0. The lowest BCUT2D eigenvalue weighted by atomic mass is 10.2. The molecule has 1 rings (SSSR count). The largest absolute Gasteiger partial charge is 0.313 e. The second-order valence-corrected chi connectivity index (χ2v) is 4.75. The van der Waals surface area contributed by atoms with Crippen LogP contribution in [0.3, 0.4) is 0 Å². The highest BCUT2D eigenvalue weighted by molar-refractivity contribution is 9.09. The van der Waals surface area contributed by atoms with Gasteiger partial charge in [0.25, 0.3) is 0 Å². The zero-order valence-electron chi connectivity index (χ0n) is 8.67. The van der Waals surface area contributed by atoms with E-state index in [0.717, 1.165) is 13.1 Å². The van der Waals surface area contributed by atoms with Crippen LogP contribution in [0.25, 0.3) is 0 Å². The Hall–Kier alpha value is -0.340. The van der Waals surface area contributed by atoms with Gasteiger partial charge in [0.2, 0.25) is 0 Å². The molecule has 0 aliphatic heterocycles. The zero-order chi connectivity index (χ0) is 10.2. The lowest BCUT2D eigenvalue weighted by Crippen LogP contribution is -2.17. The first-order valence-corrected chi connectivity index (χ1v) is 6.13. The van der Waals surface area contributed by atoms with E-state index in [9.17, 15) is 0 Å². The second kappa shape index (κ2) is 7.02. The molecule has 0 aliphatic carbocycles. The number of rotatable bonds is 6. The summed E-state index contributed by atoms with van der Waals surface area (Å²) in [5, 5.41) is 3.44. The van der Waals surface area contributed by atoms with Crippen molar-refractivity contribution >= 4 is 15.9 Å². The minimum Gasteiger partial charge on any atom is -0.313 e. The normalized spacial score (nSPS) is 12.7. The van der Waals surface area contributed by atoms with Crippen LogP contribution in [0.1, 0.15) is 25.3 Å². The summed E-state index contributed by atoms with van der Waals surface area (Å²) < 4.78 is 0. The summed E-state index contributed by atoms with van der Waals surface area (Å²) in [6.07, 6.45) is 2.40. The minimum atomic E-state index is 0.658. The fraction of sp³-hybridized carbons (Fsp3) is 0.500. The van der Waals surface area contributed by atoms with Crippen LogP contribution in [-0.4, -0.2) is 11.4 Å². The van der Waals surface area contributed by atoms with Crippen LogP contribution in [0.15, 0.2) is 30.3 Å². The molecule has 1 atom stereocenters. The monoisotopic (exact) mass is 255 g/mol. The van der Waals surface area contributed by atoms with Crippen molar-refractivity contribution in [3.63, 3.8) is 0 Å². The average Bonchev–Trinajstić information content (AvgIpc) is 2.25. The first-order valence-electron chi connectivity index (χ1n) is 5.21. The Morgan fingerprint density at radius 3 is 2.64 bits per heavy atom. The Bertz CT molecular complexity index is 235. The van der Waals surface area contributed by atoms with Gasteiger partial charge in [-0.1, -0.05) is 53.2 Å². The van der Waals surface area contributed by atoms with E-state index < -0.39 is 0 Å². The van der Waals surface area contributed by atoms with Gasteiger partial charge in [-0.3, -0.25) is 0 Å². The van der Waals surface area contributed by atoms with E-state index >= 15 is 0 Å². The van der Waals surface area contributed by atoms with E-state index in [1.54, 1.807) is 0 Å².